The Bertz CT molecular complexity index is 529. The summed E-state index contributed by atoms with van der Waals surface area (Å²) < 4.78 is 4.82. The molecule has 0 aliphatic carbocycles. The summed E-state index contributed by atoms with van der Waals surface area (Å²) >= 11 is 1.73. The van der Waals surface area contributed by atoms with E-state index < -0.39 is 0 Å². The third kappa shape index (κ3) is 4.00. The van der Waals surface area contributed by atoms with Crippen LogP contribution in [-0.2, 0) is 22.5 Å². The van der Waals surface area contributed by atoms with Gasteiger partial charge >= 0.3 is 12.0 Å². The highest BCUT2D eigenvalue weighted by atomic mass is 32.1. The van der Waals surface area contributed by atoms with Crippen molar-refractivity contribution in [3.63, 3.8) is 0 Å². The number of methoxy groups -OCH3 is 1. The van der Waals surface area contributed by atoms with E-state index in [1.165, 1.54) is 16.9 Å². The molecule has 1 aliphatic rings. The van der Waals surface area contributed by atoms with Crippen LogP contribution in [0.4, 0.5) is 4.79 Å². The first-order chi connectivity index (χ1) is 10.5. The third-order valence-corrected chi connectivity index (χ3v) is 5.41. The zero-order chi connectivity index (χ0) is 16.1. The van der Waals surface area contributed by atoms with Crippen LogP contribution in [0.2, 0.25) is 0 Å². The molecule has 2 heterocycles. The number of nitrogens with zero attached hydrogens (tertiary/aromatic N) is 1. The van der Waals surface area contributed by atoms with Crippen molar-refractivity contribution in [1.29, 1.82) is 0 Å². The monoisotopic (exact) mass is 324 g/mol. The van der Waals surface area contributed by atoms with Gasteiger partial charge in [0.2, 0.25) is 0 Å². The molecule has 0 bridgehead atoms. The summed E-state index contributed by atoms with van der Waals surface area (Å²) in [6, 6.07) is 4.12. The Morgan fingerprint density at radius 2 is 2.14 bits per heavy atom. The minimum absolute atomic E-state index is 0.0541. The molecule has 2 amide bonds. The highest BCUT2D eigenvalue weighted by molar-refractivity contribution is 7.11. The zero-order valence-corrected chi connectivity index (χ0v) is 14.2. The zero-order valence-electron chi connectivity index (χ0n) is 13.4. The van der Waals surface area contributed by atoms with E-state index in [1.54, 1.807) is 16.2 Å². The van der Waals surface area contributed by atoms with E-state index in [4.69, 9.17) is 4.74 Å². The lowest BCUT2D eigenvalue weighted by Gasteiger charge is -2.35. The summed E-state index contributed by atoms with van der Waals surface area (Å²) in [5.74, 6) is -0.142. The quantitative estimate of drug-likeness (QED) is 0.866. The maximum atomic E-state index is 12.2. The van der Waals surface area contributed by atoms with Crippen molar-refractivity contribution >= 4 is 23.3 Å². The molecule has 122 valence electrons. The van der Waals surface area contributed by atoms with Crippen LogP contribution in [0.5, 0.6) is 0 Å². The van der Waals surface area contributed by atoms with E-state index in [9.17, 15) is 9.59 Å². The van der Waals surface area contributed by atoms with Crippen LogP contribution in [-0.4, -0.2) is 37.1 Å². The number of hydrogen-bond acceptors (Lipinski definition) is 4. The van der Waals surface area contributed by atoms with Crippen LogP contribution in [0.15, 0.2) is 12.1 Å². The molecule has 0 saturated carbocycles. The van der Waals surface area contributed by atoms with Gasteiger partial charge in [0.15, 0.2) is 0 Å². The van der Waals surface area contributed by atoms with Crippen LogP contribution in [0.25, 0.3) is 0 Å². The first-order valence-corrected chi connectivity index (χ1v) is 8.55. The standard InChI is InChI=1S/C16H24N2O3S/c1-4-12-5-6-13(22-12)9-17-16(20)18-8-7-14(11(2)10-18)15(19)21-3/h5-6,11,14H,4,7-10H2,1-3H3,(H,17,20)/t11-,14+/m0/s1. The van der Waals surface area contributed by atoms with E-state index in [0.717, 1.165) is 6.42 Å². The fourth-order valence-corrected chi connectivity index (χ4v) is 3.71. The molecular formula is C16H24N2O3S. The summed E-state index contributed by atoms with van der Waals surface area (Å²) in [7, 11) is 1.42. The molecule has 1 saturated heterocycles. The van der Waals surface area contributed by atoms with E-state index in [2.05, 4.69) is 24.4 Å². The number of rotatable bonds is 4. The lowest BCUT2D eigenvalue weighted by atomic mass is 9.87. The van der Waals surface area contributed by atoms with E-state index in [0.29, 0.717) is 26.1 Å². The molecule has 5 nitrogen and oxygen atoms in total. The van der Waals surface area contributed by atoms with Crippen molar-refractivity contribution in [1.82, 2.24) is 10.2 Å². The number of ether oxygens (including phenoxy) is 1. The summed E-state index contributed by atoms with van der Waals surface area (Å²) in [6.45, 7) is 5.88. The Hall–Kier alpha value is -1.56. The number of esters is 1. The van der Waals surface area contributed by atoms with Crippen LogP contribution in [0.1, 0.15) is 30.0 Å². The van der Waals surface area contributed by atoms with Crippen molar-refractivity contribution in [2.45, 2.75) is 33.2 Å². The number of likely N-dealkylation sites (tertiary alicyclic amines) is 1. The Kier molecular flexibility index (Phi) is 5.83. The minimum Gasteiger partial charge on any atom is -0.469 e. The highest BCUT2D eigenvalue weighted by Gasteiger charge is 2.33. The van der Waals surface area contributed by atoms with Crippen molar-refractivity contribution < 1.29 is 14.3 Å². The fraction of sp³-hybridized carbons (Fsp3) is 0.625. The van der Waals surface area contributed by atoms with Crippen molar-refractivity contribution in [2.75, 3.05) is 20.2 Å². The van der Waals surface area contributed by atoms with E-state index in [1.807, 2.05) is 6.92 Å². The Labute approximate surface area is 135 Å². The Morgan fingerprint density at radius 3 is 2.73 bits per heavy atom. The molecule has 0 unspecified atom stereocenters. The van der Waals surface area contributed by atoms with Gasteiger partial charge in [-0.15, -0.1) is 11.3 Å². The van der Waals surface area contributed by atoms with Crippen molar-refractivity contribution in [3.8, 4) is 0 Å². The second-order valence-electron chi connectivity index (χ2n) is 5.72. The molecule has 22 heavy (non-hydrogen) atoms. The summed E-state index contributed by atoms with van der Waals surface area (Å²) in [5, 5.41) is 2.97. The lowest BCUT2D eigenvalue weighted by molar-refractivity contribution is -0.148. The number of nitrogens with one attached hydrogen (secondary N) is 1. The number of thiophene rings is 1. The van der Waals surface area contributed by atoms with Crippen LogP contribution >= 0.6 is 11.3 Å². The molecule has 6 heteroatoms. The van der Waals surface area contributed by atoms with Crippen molar-refractivity contribution in [3.05, 3.63) is 21.9 Å². The number of hydrogen-bond donors (Lipinski definition) is 1. The molecule has 1 aliphatic heterocycles. The molecule has 2 rings (SSSR count). The van der Waals surface area contributed by atoms with Gasteiger partial charge in [-0.3, -0.25) is 4.79 Å². The van der Waals surface area contributed by atoms with Gasteiger partial charge in [0.1, 0.15) is 0 Å². The lowest BCUT2D eigenvalue weighted by Crippen LogP contribution is -2.48. The van der Waals surface area contributed by atoms with Crippen LogP contribution in [0.3, 0.4) is 0 Å². The van der Waals surface area contributed by atoms with Crippen LogP contribution in [0, 0.1) is 11.8 Å². The highest BCUT2D eigenvalue weighted by Crippen LogP contribution is 2.24. The smallest absolute Gasteiger partial charge is 0.317 e. The molecule has 1 aromatic rings. The summed E-state index contributed by atoms with van der Waals surface area (Å²) in [6.07, 6.45) is 1.69. The molecule has 0 aromatic carbocycles. The largest absolute Gasteiger partial charge is 0.469 e. The molecule has 1 fully saturated rings. The Morgan fingerprint density at radius 1 is 1.41 bits per heavy atom. The van der Waals surface area contributed by atoms with E-state index in [-0.39, 0.29) is 23.8 Å². The maximum absolute atomic E-state index is 12.2. The summed E-state index contributed by atoms with van der Waals surface area (Å²) in [4.78, 5) is 28.2. The van der Waals surface area contributed by atoms with Gasteiger partial charge < -0.3 is 15.0 Å². The molecule has 0 radical (unpaired) electrons. The molecular weight excluding hydrogens is 300 g/mol. The SMILES string of the molecule is CCc1ccc(CNC(=O)N2CC[C@@H](C(=O)OC)[C@@H](C)C2)s1. The van der Waals surface area contributed by atoms with Gasteiger partial charge in [-0.1, -0.05) is 13.8 Å². The predicted octanol–water partition coefficient (Wildman–Crippen LogP) is 2.65. The number of piperidine rings is 1. The third-order valence-electron chi connectivity index (χ3n) is 4.18. The number of carbonyl (C=O) groups is 2. The topological polar surface area (TPSA) is 58.6 Å². The Balaban J connectivity index is 1.82. The van der Waals surface area contributed by atoms with Gasteiger partial charge in [-0.05, 0) is 30.9 Å². The average Bonchev–Trinajstić information content (AvgIpc) is 2.99. The number of carbonyl (C=O) groups excluding carboxylic acids is 2. The average molecular weight is 324 g/mol. The normalized spacial score (nSPS) is 21.5. The number of urea groups is 1. The predicted molar refractivity (Wildman–Crippen MR) is 86.8 cm³/mol. The van der Waals surface area contributed by atoms with Gasteiger partial charge in [0, 0.05) is 22.8 Å². The van der Waals surface area contributed by atoms with Gasteiger partial charge in [-0.25, -0.2) is 4.79 Å². The fourth-order valence-electron chi connectivity index (χ4n) is 2.81. The molecule has 1 N–H and O–H groups in total. The van der Waals surface area contributed by atoms with Gasteiger partial charge in [-0.2, -0.15) is 0 Å². The van der Waals surface area contributed by atoms with Gasteiger partial charge in [0.25, 0.3) is 0 Å². The van der Waals surface area contributed by atoms with E-state index >= 15 is 0 Å². The summed E-state index contributed by atoms with van der Waals surface area (Å²) in [5.41, 5.74) is 0. The van der Waals surface area contributed by atoms with Crippen LogP contribution < -0.4 is 5.32 Å². The number of amides is 2. The second kappa shape index (κ2) is 7.63. The first-order valence-electron chi connectivity index (χ1n) is 7.73. The molecule has 0 spiro atoms. The number of aryl methyl sites for hydroxylation is 1. The van der Waals surface area contributed by atoms with Gasteiger partial charge in [0.05, 0.1) is 19.6 Å². The molecule has 1 aromatic heterocycles. The maximum Gasteiger partial charge on any atom is 0.317 e. The molecule has 2 atom stereocenters. The minimum atomic E-state index is -0.168. The second-order valence-corrected chi connectivity index (χ2v) is 6.97. The van der Waals surface area contributed by atoms with Crippen molar-refractivity contribution in [2.24, 2.45) is 11.8 Å². The first kappa shape index (κ1) is 16.8.